The summed E-state index contributed by atoms with van der Waals surface area (Å²) < 4.78 is 16.7. The monoisotopic (exact) mass is 384 g/mol. The summed E-state index contributed by atoms with van der Waals surface area (Å²) in [5, 5.41) is 3.04. The Labute approximate surface area is 166 Å². The fourth-order valence-electron chi connectivity index (χ4n) is 3.51. The van der Waals surface area contributed by atoms with Gasteiger partial charge in [-0.15, -0.1) is 0 Å². The second-order valence-corrected chi connectivity index (χ2v) is 6.93. The van der Waals surface area contributed by atoms with Crippen molar-refractivity contribution in [2.75, 3.05) is 37.0 Å². The van der Waals surface area contributed by atoms with Crippen LogP contribution in [-0.2, 0) is 4.74 Å². The van der Waals surface area contributed by atoms with Crippen LogP contribution in [0.3, 0.4) is 0 Å². The maximum Gasteiger partial charge on any atom is 0.255 e. The van der Waals surface area contributed by atoms with E-state index in [0.29, 0.717) is 23.7 Å². The lowest BCUT2D eigenvalue weighted by Crippen LogP contribution is -2.45. The van der Waals surface area contributed by atoms with E-state index in [4.69, 9.17) is 14.2 Å². The Kier molecular flexibility index (Phi) is 6.41. The molecule has 0 bridgehead atoms. The summed E-state index contributed by atoms with van der Waals surface area (Å²) in [6.07, 6.45) is 0.283. The topological polar surface area (TPSA) is 60.0 Å². The molecule has 6 heteroatoms. The van der Waals surface area contributed by atoms with Gasteiger partial charge in [0, 0.05) is 18.7 Å². The number of anilines is 2. The van der Waals surface area contributed by atoms with Gasteiger partial charge in [-0.25, -0.2) is 0 Å². The highest BCUT2D eigenvalue weighted by Gasteiger charge is 2.24. The van der Waals surface area contributed by atoms with Crippen molar-refractivity contribution in [2.24, 2.45) is 0 Å². The van der Waals surface area contributed by atoms with Crippen LogP contribution in [0.25, 0.3) is 0 Å². The number of hydrogen-bond donors (Lipinski definition) is 1. The zero-order valence-electron chi connectivity index (χ0n) is 16.9. The molecule has 2 aromatic carbocycles. The van der Waals surface area contributed by atoms with Gasteiger partial charge in [0.2, 0.25) is 0 Å². The third-order valence-electron chi connectivity index (χ3n) is 4.64. The van der Waals surface area contributed by atoms with Crippen LogP contribution in [0.5, 0.6) is 11.5 Å². The number of carbonyl (C=O) groups excluding carboxylic acids is 1. The van der Waals surface area contributed by atoms with E-state index in [1.807, 2.05) is 31.2 Å². The lowest BCUT2D eigenvalue weighted by Gasteiger charge is -2.37. The van der Waals surface area contributed by atoms with E-state index >= 15 is 0 Å². The third-order valence-corrected chi connectivity index (χ3v) is 4.64. The number of rotatable bonds is 6. The van der Waals surface area contributed by atoms with Crippen LogP contribution in [0.15, 0.2) is 42.5 Å². The minimum Gasteiger partial charge on any atom is -0.493 e. The van der Waals surface area contributed by atoms with E-state index in [1.165, 1.54) is 0 Å². The Bertz CT molecular complexity index is 814. The number of nitrogens with zero attached hydrogens (tertiary/aromatic N) is 1. The van der Waals surface area contributed by atoms with Gasteiger partial charge in [-0.05, 0) is 51.1 Å². The molecule has 1 amide bonds. The average Bonchev–Trinajstić information content (AvgIpc) is 2.68. The summed E-state index contributed by atoms with van der Waals surface area (Å²) in [6.45, 7) is 8.10. The summed E-state index contributed by atoms with van der Waals surface area (Å²) in [7, 11) is 1.58. The van der Waals surface area contributed by atoms with Crippen LogP contribution < -0.4 is 19.7 Å². The van der Waals surface area contributed by atoms with Crippen molar-refractivity contribution in [3.05, 3.63) is 48.0 Å². The summed E-state index contributed by atoms with van der Waals surface area (Å²) in [5.41, 5.74) is 2.29. The quantitative estimate of drug-likeness (QED) is 0.817. The molecule has 3 rings (SSSR count). The van der Waals surface area contributed by atoms with Crippen molar-refractivity contribution < 1.29 is 19.0 Å². The molecule has 0 aliphatic carbocycles. The molecule has 0 radical (unpaired) electrons. The lowest BCUT2D eigenvalue weighted by atomic mass is 10.1. The van der Waals surface area contributed by atoms with Gasteiger partial charge in [0.05, 0.1) is 37.3 Å². The number of para-hydroxylation sites is 2. The van der Waals surface area contributed by atoms with Crippen molar-refractivity contribution in [2.45, 2.75) is 33.0 Å². The van der Waals surface area contributed by atoms with Crippen LogP contribution in [0.1, 0.15) is 31.1 Å². The van der Waals surface area contributed by atoms with E-state index in [9.17, 15) is 4.79 Å². The molecule has 6 nitrogen and oxygen atoms in total. The van der Waals surface area contributed by atoms with E-state index in [1.54, 1.807) is 25.3 Å². The van der Waals surface area contributed by atoms with Crippen molar-refractivity contribution in [1.29, 1.82) is 0 Å². The zero-order valence-corrected chi connectivity index (χ0v) is 16.9. The predicted molar refractivity (Wildman–Crippen MR) is 111 cm³/mol. The van der Waals surface area contributed by atoms with E-state index in [2.05, 4.69) is 24.1 Å². The fraction of sp³-hybridized carbons (Fsp3) is 0.409. The van der Waals surface area contributed by atoms with E-state index in [0.717, 1.165) is 24.5 Å². The minimum absolute atomic E-state index is 0.142. The van der Waals surface area contributed by atoms with Gasteiger partial charge in [0.15, 0.2) is 11.5 Å². The second-order valence-electron chi connectivity index (χ2n) is 6.93. The molecular weight excluding hydrogens is 356 g/mol. The fourth-order valence-corrected chi connectivity index (χ4v) is 3.51. The SMILES string of the molecule is CCOc1cc(C(=O)Nc2ccccc2N2CC(C)OC(C)C2)ccc1OC. The van der Waals surface area contributed by atoms with Crippen molar-refractivity contribution in [3.8, 4) is 11.5 Å². The molecule has 28 heavy (non-hydrogen) atoms. The zero-order chi connectivity index (χ0) is 20.1. The summed E-state index contributed by atoms with van der Waals surface area (Å²) in [4.78, 5) is 15.1. The summed E-state index contributed by atoms with van der Waals surface area (Å²) in [6, 6.07) is 13.0. The average molecular weight is 384 g/mol. The lowest BCUT2D eigenvalue weighted by molar-refractivity contribution is -0.00517. The van der Waals surface area contributed by atoms with Gasteiger partial charge < -0.3 is 24.4 Å². The number of hydrogen-bond acceptors (Lipinski definition) is 5. The second kappa shape index (κ2) is 8.97. The van der Waals surface area contributed by atoms with Gasteiger partial charge in [-0.1, -0.05) is 12.1 Å². The van der Waals surface area contributed by atoms with Gasteiger partial charge in [0.25, 0.3) is 5.91 Å². The molecular formula is C22H28N2O4. The van der Waals surface area contributed by atoms with Crippen LogP contribution in [0.2, 0.25) is 0 Å². The Hall–Kier alpha value is -2.73. The van der Waals surface area contributed by atoms with Crippen LogP contribution >= 0.6 is 0 Å². The molecule has 0 saturated carbocycles. The highest BCUT2D eigenvalue weighted by Crippen LogP contribution is 2.31. The van der Waals surface area contributed by atoms with Crippen molar-refractivity contribution >= 4 is 17.3 Å². The number of methoxy groups -OCH3 is 1. The molecule has 150 valence electrons. The molecule has 1 N–H and O–H groups in total. The molecule has 2 aromatic rings. The minimum atomic E-state index is -0.189. The number of morpholine rings is 1. The third kappa shape index (κ3) is 4.57. The highest BCUT2D eigenvalue weighted by molar-refractivity contribution is 6.06. The van der Waals surface area contributed by atoms with Gasteiger partial charge in [-0.2, -0.15) is 0 Å². The first-order valence-electron chi connectivity index (χ1n) is 9.63. The van der Waals surface area contributed by atoms with Crippen molar-refractivity contribution in [3.63, 3.8) is 0 Å². The van der Waals surface area contributed by atoms with Crippen molar-refractivity contribution in [1.82, 2.24) is 0 Å². The first-order valence-corrected chi connectivity index (χ1v) is 9.63. The van der Waals surface area contributed by atoms with Crippen LogP contribution in [0.4, 0.5) is 11.4 Å². The normalized spacial score (nSPS) is 19.2. The number of nitrogens with one attached hydrogen (secondary N) is 1. The molecule has 2 unspecified atom stereocenters. The molecule has 2 atom stereocenters. The highest BCUT2D eigenvalue weighted by atomic mass is 16.5. The molecule has 1 aliphatic rings. The van der Waals surface area contributed by atoms with Crippen LogP contribution in [0, 0.1) is 0 Å². The van der Waals surface area contributed by atoms with Gasteiger partial charge >= 0.3 is 0 Å². The molecule has 1 aliphatic heterocycles. The van der Waals surface area contributed by atoms with Gasteiger partial charge in [0.1, 0.15) is 0 Å². The maximum atomic E-state index is 12.9. The number of carbonyl (C=O) groups is 1. The smallest absolute Gasteiger partial charge is 0.255 e. The standard InChI is InChI=1S/C22H28N2O4/c1-5-27-21-12-17(10-11-20(21)26-4)22(25)23-18-8-6-7-9-19(18)24-13-15(2)28-16(3)14-24/h6-12,15-16H,5,13-14H2,1-4H3,(H,23,25). The molecule has 1 fully saturated rings. The molecule has 1 saturated heterocycles. The van der Waals surface area contributed by atoms with E-state index in [-0.39, 0.29) is 18.1 Å². The number of amides is 1. The maximum absolute atomic E-state index is 12.9. The molecule has 0 aromatic heterocycles. The largest absolute Gasteiger partial charge is 0.493 e. The van der Waals surface area contributed by atoms with Crippen LogP contribution in [-0.4, -0.2) is 44.9 Å². The first-order chi connectivity index (χ1) is 13.5. The summed E-state index contributed by atoms with van der Waals surface area (Å²) in [5.74, 6) is 0.974. The Morgan fingerprint density at radius 3 is 2.54 bits per heavy atom. The summed E-state index contributed by atoms with van der Waals surface area (Å²) >= 11 is 0. The first kappa shape index (κ1) is 20.0. The Balaban J connectivity index is 1.82. The molecule has 0 spiro atoms. The number of ether oxygens (including phenoxy) is 3. The predicted octanol–water partition coefficient (Wildman–Crippen LogP) is 3.96. The Morgan fingerprint density at radius 2 is 1.86 bits per heavy atom. The van der Waals surface area contributed by atoms with Gasteiger partial charge in [-0.3, -0.25) is 4.79 Å². The Morgan fingerprint density at radius 1 is 1.14 bits per heavy atom. The van der Waals surface area contributed by atoms with E-state index < -0.39 is 0 Å². The number of benzene rings is 2. The molecule has 1 heterocycles.